The lowest BCUT2D eigenvalue weighted by molar-refractivity contribution is -0.147. The number of ether oxygens (including phenoxy) is 1. The molecule has 0 aromatic heterocycles. The SMILES string of the molecule is O=C1CC(c2ccc(C(F)(F)F)cc2)CCO1. The number of cyclic esters (lactones) is 1. The lowest BCUT2D eigenvalue weighted by Gasteiger charge is -2.21. The molecular formula is C12H11F3O2. The molecule has 1 aromatic carbocycles. The summed E-state index contributed by atoms with van der Waals surface area (Å²) >= 11 is 0. The van der Waals surface area contributed by atoms with E-state index in [2.05, 4.69) is 0 Å². The number of carbonyl (C=O) groups is 1. The van der Waals surface area contributed by atoms with E-state index in [1.807, 2.05) is 0 Å². The molecule has 1 aliphatic heterocycles. The maximum Gasteiger partial charge on any atom is 0.416 e. The van der Waals surface area contributed by atoms with Crippen molar-refractivity contribution in [1.29, 1.82) is 0 Å². The van der Waals surface area contributed by atoms with Gasteiger partial charge in [-0.2, -0.15) is 13.2 Å². The van der Waals surface area contributed by atoms with Crippen molar-refractivity contribution in [2.75, 3.05) is 6.61 Å². The van der Waals surface area contributed by atoms with Crippen LogP contribution in [0.15, 0.2) is 24.3 Å². The van der Waals surface area contributed by atoms with Gasteiger partial charge in [0.25, 0.3) is 0 Å². The highest BCUT2D eigenvalue weighted by molar-refractivity contribution is 5.71. The summed E-state index contributed by atoms with van der Waals surface area (Å²) < 4.78 is 41.8. The van der Waals surface area contributed by atoms with E-state index in [4.69, 9.17) is 4.74 Å². The summed E-state index contributed by atoms with van der Waals surface area (Å²) in [6.07, 6.45) is -3.41. The van der Waals surface area contributed by atoms with Gasteiger partial charge in [0, 0.05) is 0 Å². The molecule has 5 heteroatoms. The highest BCUT2D eigenvalue weighted by atomic mass is 19.4. The topological polar surface area (TPSA) is 26.3 Å². The van der Waals surface area contributed by atoms with E-state index in [1.165, 1.54) is 12.1 Å². The summed E-state index contributed by atoms with van der Waals surface area (Å²) in [4.78, 5) is 11.1. The number of alkyl halides is 3. The number of hydrogen-bond donors (Lipinski definition) is 0. The average molecular weight is 244 g/mol. The minimum absolute atomic E-state index is 0.0291. The lowest BCUT2D eigenvalue weighted by atomic mass is 9.91. The van der Waals surface area contributed by atoms with Gasteiger partial charge in [-0.05, 0) is 30.0 Å². The van der Waals surface area contributed by atoms with Crippen LogP contribution in [0.1, 0.15) is 29.9 Å². The average Bonchev–Trinajstić information content (AvgIpc) is 2.28. The highest BCUT2D eigenvalue weighted by Gasteiger charge is 2.30. The summed E-state index contributed by atoms with van der Waals surface area (Å²) in [5, 5.41) is 0. The summed E-state index contributed by atoms with van der Waals surface area (Å²) in [5.74, 6) is -0.320. The Bertz CT molecular complexity index is 409. The van der Waals surface area contributed by atoms with Crippen molar-refractivity contribution in [2.24, 2.45) is 0 Å². The molecule has 1 fully saturated rings. The molecule has 0 saturated carbocycles. The third kappa shape index (κ3) is 2.78. The monoisotopic (exact) mass is 244 g/mol. The van der Waals surface area contributed by atoms with E-state index in [0.29, 0.717) is 13.0 Å². The smallest absolute Gasteiger partial charge is 0.416 e. The molecule has 0 N–H and O–H groups in total. The molecule has 0 radical (unpaired) electrons. The maximum absolute atomic E-state index is 12.3. The predicted octanol–water partition coefficient (Wildman–Crippen LogP) is 3.13. The van der Waals surface area contributed by atoms with E-state index >= 15 is 0 Å². The van der Waals surface area contributed by atoms with Crippen LogP contribution in [-0.4, -0.2) is 12.6 Å². The molecular weight excluding hydrogens is 233 g/mol. The molecule has 1 saturated heterocycles. The Kier molecular flexibility index (Phi) is 3.09. The van der Waals surface area contributed by atoms with Crippen molar-refractivity contribution < 1.29 is 22.7 Å². The van der Waals surface area contributed by atoms with Crippen molar-refractivity contribution in [3.8, 4) is 0 Å². The molecule has 1 heterocycles. The Morgan fingerprint density at radius 3 is 2.35 bits per heavy atom. The van der Waals surface area contributed by atoms with Crippen LogP contribution >= 0.6 is 0 Å². The van der Waals surface area contributed by atoms with E-state index < -0.39 is 11.7 Å². The van der Waals surface area contributed by atoms with Gasteiger partial charge in [0.2, 0.25) is 0 Å². The normalized spacial score (nSPS) is 21.1. The Morgan fingerprint density at radius 2 is 1.82 bits per heavy atom. The molecule has 1 atom stereocenters. The van der Waals surface area contributed by atoms with Crippen LogP contribution in [0.2, 0.25) is 0 Å². The lowest BCUT2D eigenvalue weighted by Crippen LogP contribution is -2.19. The summed E-state index contributed by atoms with van der Waals surface area (Å²) in [6.45, 7) is 0.338. The Balaban J connectivity index is 2.15. The van der Waals surface area contributed by atoms with Gasteiger partial charge in [-0.3, -0.25) is 4.79 Å². The quantitative estimate of drug-likeness (QED) is 0.709. The number of carbonyl (C=O) groups excluding carboxylic acids is 1. The third-order valence-corrected chi connectivity index (χ3v) is 2.85. The Labute approximate surface area is 96.4 Å². The Morgan fingerprint density at radius 1 is 1.18 bits per heavy atom. The second-order valence-electron chi connectivity index (χ2n) is 4.03. The number of rotatable bonds is 1. The second kappa shape index (κ2) is 4.39. The highest BCUT2D eigenvalue weighted by Crippen LogP contribution is 2.32. The van der Waals surface area contributed by atoms with Gasteiger partial charge in [0.1, 0.15) is 0 Å². The largest absolute Gasteiger partial charge is 0.466 e. The van der Waals surface area contributed by atoms with Crippen molar-refractivity contribution in [3.05, 3.63) is 35.4 Å². The van der Waals surface area contributed by atoms with Crippen LogP contribution < -0.4 is 0 Å². The molecule has 2 rings (SSSR count). The van der Waals surface area contributed by atoms with Gasteiger partial charge in [-0.1, -0.05) is 12.1 Å². The summed E-state index contributed by atoms with van der Waals surface area (Å²) in [6, 6.07) is 4.97. The van der Waals surface area contributed by atoms with Gasteiger partial charge in [-0.25, -0.2) is 0 Å². The van der Waals surface area contributed by atoms with Gasteiger partial charge < -0.3 is 4.74 Å². The van der Waals surface area contributed by atoms with E-state index in [1.54, 1.807) is 0 Å². The standard InChI is InChI=1S/C12H11F3O2/c13-12(14,15)10-3-1-8(2-4-10)9-5-6-17-11(16)7-9/h1-4,9H,5-7H2. The molecule has 0 amide bonds. The number of benzene rings is 1. The van der Waals surface area contributed by atoms with Gasteiger partial charge in [0.15, 0.2) is 0 Å². The zero-order valence-corrected chi connectivity index (χ0v) is 8.96. The minimum atomic E-state index is -4.32. The molecule has 2 nitrogen and oxygen atoms in total. The first-order chi connectivity index (χ1) is 7.97. The predicted molar refractivity (Wildman–Crippen MR) is 54.4 cm³/mol. The van der Waals surface area contributed by atoms with E-state index in [-0.39, 0.29) is 18.3 Å². The van der Waals surface area contributed by atoms with Gasteiger partial charge in [-0.15, -0.1) is 0 Å². The Hall–Kier alpha value is -1.52. The van der Waals surface area contributed by atoms with Crippen LogP contribution in [0.4, 0.5) is 13.2 Å². The molecule has 0 bridgehead atoms. The number of esters is 1. The first-order valence-electron chi connectivity index (χ1n) is 5.29. The molecule has 17 heavy (non-hydrogen) atoms. The molecule has 0 spiro atoms. The zero-order valence-electron chi connectivity index (χ0n) is 8.96. The van der Waals surface area contributed by atoms with Crippen molar-refractivity contribution in [2.45, 2.75) is 24.9 Å². The maximum atomic E-state index is 12.3. The summed E-state index contributed by atoms with van der Waals surface area (Å²) in [5.41, 5.74) is 0.0919. The molecule has 0 aliphatic carbocycles. The number of halogens is 3. The molecule has 92 valence electrons. The van der Waals surface area contributed by atoms with Crippen molar-refractivity contribution in [3.63, 3.8) is 0 Å². The fourth-order valence-electron chi connectivity index (χ4n) is 1.91. The molecule has 1 aliphatic rings. The van der Waals surface area contributed by atoms with Crippen LogP contribution in [0.5, 0.6) is 0 Å². The van der Waals surface area contributed by atoms with E-state index in [0.717, 1.165) is 17.7 Å². The fraction of sp³-hybridized carbons (Fsp3) is 0.417. The van der Waals surface area contributed by atoms with Gasteiger partial charge in [0.05, 0.1) is 18.6 Å². The van der Waals surface area contributed by atoms with Crippen molar-refractivity contribution in [1.82, 2.24) is 0 Å². The molecule has 1 unspecified atom stereocenters. The fourth-order valence-corrected chi connectivity index (χ4v) is 1.91. The van der Waals surface area contributed by atoms with Crippen molar-refractivity contribution >= 4 is 5.97 Å². The third-order valence-electron chi connectivity index (χ3n) is 2.85. The second-order valence-corrected chi connectivity index (χ2v) is 4.03. The van der Waals surface area contributed by atoms with Crippen LogP contribution in [-0.2, 0) is 15.7 Å². The first-order valence-corrected chi connectivity index (χ1v) is 5.29. The van der Waals surface area contributed by atoms with Crippen LogP contribution in [0, 0.1) is 0 Å². The van der Waals surface area contributed by atoms with Crippen LogP contribution in [0.3, 0.4) is 0 Å². The van der Waals surface area contributed by atoms with Gasteiger partial charge >= 0.3 is 12.1 Å². The first kappa shape index (κ1) is 12.0. The minimum Gasteiger partial charge on any atom is -0.466 e. The number of hydrogen-bond acceptors (Lipinski definition) is 2. The summed E-state index contributed by atoms with van der Waals surface area (Å²) in [7, 11) is 0. The van der Waals surface area contributed by atoms with E-state index in [9.17, 15) is 18.0 Å². The van der Waals surface area contributed by atoms with Crippen LogP contribution in [0.25, 0.3) is 0 Å². The molecule has 1 aromatic rings. The zero-order chi connectivity index (χ0) is 12.5.